The summed E-state index contributed by atoms with van der Waals surface area (Å²) >= 11 is 0.721. The highest BCUT2D eigenvalue weighted by atomic mass is 32.2. The standard InChI is InChI=1S/C24H25F4N3O4S/c25-16-4-5-18(24(26,27)28)17(12-16)21(33)30-10-7-15(8-11-30)20-22(34)31(23(35)36-20)13-19(32)29-9-6-14-2-1-3-14/h4-5,12,14H,1-3,6-11,13H2,(H,29,32). The highest BCUT2D eigenvalue weighted by molar-refractivity contribution is 8.18. The van der Waals surface area contributed by atoms with Gasteiger partial charge in [-0.2, -0.15) is 13.2 Å². The first-order chi connectivity index (χ1) is 17.0. The Labute approximate surface area is 209 Å². The topological polar surface area (TPSA) is 86.8 Å². The Morgan fingerprint density at radius 1 is 1.11 bits per heavy atom. The van der Waals surface area contributed by atoms with E-state index in [4.69, 9.17) is 0 Å². The van der Waals surface area contributed by atoms with Gasteiger partial charge in [0.1, 0.15) is 12.4 Å². The lowest BCUT2D eigenvalue weighted by atomic mass is 9.83. The van der Waals surface area contributed by atoms with Crippen molar-refractivity contribution in [2.24, 2.45) is 5.92 Å². The van der Waals surface area contributed by atoms with Crippen molar-refractivity contribution in [1.82, 2.24) is 15.1 Å². The average molecular weight is 528 g/mol. The molecule has 2 saturated heterocycles. The number of nitrogens with one attached hydrogen (secondary N) is 1. The van der Waals surface area contributed by atoms with Crippen LogP contribution in [0.25, 0.3) is 0 Å². The molecule has 4 amide bonds. The van der Waals surface area contributed by atoms with E-state index in [1.165, 1.54) is 11.3 Å². The fourth-order valence-corrected chi connectivity index (χ4v) is 5.44. The van der Waals surface area contributed by atoms with Gasteiger partial charge in [-0.25, -0.2) is 4.39 Å². The number of carbonyl (C=O) groups excluding carboxylic acids is 4. The summed E-state index contributed by atoms with van der Waals surface area (Å²) in [6, 6.07) is 1.76. The SMILES string of the molecule is O=C(CN1C(=O)SC(=C2CCN(C(=O)c3cc(F)ccc3C(F)(F)F)CC2)C1=O)NCCC1CCC1. The molecule has 4 rings (SSSR count). The van der Waals surface area contributed by atoms with E-state index in [1.807, 2.05) is 0 Å². The average Bonchev–Trinajstić information content (AvgIpc) is 3.07. The quantitative estimate of drug-likeness (QED) is 0.440. The summed E-state index contributed by atoms with van der Waals surface area (Å²) < 4.78 is 53.5. The molecule has 194 valence electrons. The van der Waals surface area contributed by atoms with Crippen LogP contribution in [0.2, 0.25) is 0 Å². The second-order valence-electron chi connectivity index (χ2n) is 9.11. The molecule has 3 aliphatic rings. The van der Waals surface area contributed by atoms with Gasteiger partial charge >= 0.3 is 6.18 Å². The third kappa shape index (κ3) is 5.74. The Bertz CT molecular complexity index is 1110. The molecule has 0 bridgehead atoms. The van der Waals surface area contributed by atoms with Crippen molar-refractivity contribution in [1.29, 1.82) is 0 Å². The third-order valence-corrected chi connectivity index (χ3v) is 7.81. The molecule has 36 heavy (non-hydrogen) atoms. The van der Waals surface area contributed by atoms with Gasteiger partial charge in [0, 0.05) is 19.6 Å². The van der Waals surface area contributed by atoms with Gasteiger partial charge in [-0.1, -0.05) is 19.3 Å². The molecule has 0 spiro atoms. The van der Waals surface area contributed by atoms with E-state index in [1.54, 1.807) is 0 Å². The molecule has 0 aromatic heterocycles. The molecule has 3 fully saturated rings. The number of benzene rings is 1. The molecule has 2 aliphatic heterocycles. The Kier molecular flexibility index (Phi) is 7.72. The Hall–Kier alpha value is -2.89. The molecule has 1 aromatic carbocycles. The Morgan fingerprint density at radius 3 is 2.42 bits per heavy atom. The number of hydrogen-bond donors (Lipinski definition) is 1. The van der Waals surface area contributed by atoms with E-state index < -0.39 is 46.1 Å². The fourth-order valence-electron chi connectivity index (χ4n) is 4.47. The summed E-state index contributed by atoms with van der Waals surface area (Å²) in [5.41, 5.74) is -1.38. The molecular weight excluding hydrogens is 502 g/mol. The van der Waals surface area contributed by atoms with Crippen LogP contribution in [0.5, 0.6) is 0 Å². The van der Waals surface area contributed by atoms with Crippen LogP contribution in [-0.2, 0) is 15.8 Å². The predicted molar refractivity (Wildman–Crippen MR) is 123 cm³/mol. The number of amides is 4. The number of hydrogen-bond acceptors (Lipinski definition) is 5. The smallest absolute Gasteiger partial charge is 0.355 e. The number of piperidine rings is 1. The number of thioether (sulfide) groups is 1. The van der Waals surface area contributed by atoms with Crippen LogP contribution < -0.4 is 5.32 Å². The number of rotatable bonds is 6. The summed E-state index contributed by atoms with van der Waals surface area (Å²) in [4.78, 5) is 52.4. The molecule has 12 heteroatoms. The molecule has 7 nitrogen and oxygen atoms in total. The van der Waals surface area contributed by atoms with Crippen molar-refractivity contribution < 1.29 is 36.7 Å². The van der Waals surface area contributed by atoms with Crippen molar-refractivity contribution in [3.05, 3.63) is 45.6 Å². The van der Waals surface area contributed by atoms with Gasteiger partial charge in [0.2, 0.25) is 5.91 Å². The summed E-state index contributed by atoms with van der Waals surface area (Å²) in [7, 11) is 0. The highest BCUT2D eigenvalue weighted by Crippen LogP contribution is 2.37. The second kappa shape index (κ2) is 10.6. The number of carbonyl (C=O) groups is 4. The minimum atomic E-state index is -4.82. The van der Waals surface area contributed by atoms with Gasteiger partial charge in [-0.05, 0) is 60.7 Å². The van der Waals surface area contributed by atoms with Gasteiger partial charge in [0.05, 0.1) is 16.0 Å². The molecule has 0 radical (unpaired) electrons. The van der Waals surface area contributed by atoms with E-state index in [-0.39, 0.29) is 37.4 Å². The number of halogens is 4. The van der Waals surface area contributed by atoms with Gasteiger partial charge in [-0.3, -0.25) is 24.1 Å². The molecule has 2 heterocycles. The molecule has 0 unspecified atom stereocenters. The zero-order chi connectivity index (χ0) is 26.0. The van der Waals surface area contributed by atoms with Crippen LogP contribution in [0.1, 0.15) is 54.4 Å². The lowest BCUT2D eigenvalue weighted by Crippen LogP contribution is -2.40. The zero-order valence-electron chi connectivity index (χ0n) is 19.3. The summed E-state index contributed by atoms with van der Waals surface area (Å²) in [5.74, 6) is -2.29. The monoisotopic (exact) mass is 527 g/mol. The van der Waals surface area contributed by atoms with Crippen molar-refractivity contribution in [2.75, 3.05) is 26.2 Å². The second-order valence-corrected chi connectivity index (χ2v) is 10.1. The van der Waals surface area contributed by atoms with Crippen LogP contribution >= 0.6 is 11.8 Å². The normalized spacial score (nSPS) is 19.1. The third-order valence-electron chi connectivity index (χ3n) is 6.74. The first-order valence-corrected chi connectivity index (χ1v) is 12.5. The van der Waals surface area contributed by atoms with Crippen molar-refractivity contribution in [3.8, 4) is 0 Å². The number of imide groups is 1. The predicted octanol–water partition coefficient (Wildman–Crippen LogP) is 4.34. The lowest BCUT2D eigenvalue weighted by molar-refractivity contribution is -0.138. The zero-order valence-corrected chi connectivity index (χ0v) is 20.1. The van der Waals surface area contributed by atoms with Crippen molar-refractivity contribution >= 4 is 34.7 Å². The largest absolute Gasteiger partial charge is 0.417 e. The summed E-state index contributed by atoms with van der Waals surface area (Å²) in [6.07, 6.45) is -0.0941. The van der Waals surface area contributed by atoms with Crippen molar-refractivity contribution in [3.63, 3.8) is 0 Å². The summed E-state index contributed by atoms with van der Waals surface area (Å²) in [6.45, 7) is 0.132. The minimum absolute atomic E-state index is 0.00909. The highest BCUT2D eigenvalue weighted by Gasteiger charge is 2.40. The maximum absolute atomic E-state index is 13.6. The number of likely N-dealkylation sites (tertiary alicyclic amines) is 1. The van der Waals surface area contributed by atoms with Crippen LogP contribution in [0.3, 0.4) is 0 Å². The molecule has 0 atom stereocenters. The van der Waals surface area contributed by atoms with E-state index in [2.05, 4.69) is 5.32 Å². The fraction of sp³-hybridized carbons (Fsp3) is 0.500. The summed E-state index contributed by atoms with van der Waals surface area (Å²) in [5, 5.41) is 2.17. The van der Waals surface area contributed by atoms with Gasteiger partial charge in [0.15, 0.2) is 0 Å². The van der Waals surface area contributed by atoms with Crippen LogP contribution in [0.15, 0.2) is 28.7 Å². The number of nitrogens with zero attached hydrogens (tertiary/aromatic N) is 2. The van der Waals surface area contributed by atoms with Crippen LogP contribution in [0, 0.1) is 11.7 Å². The maximum atomic E-state index is 13.6. The maximum Gasteiger partial charge on any atom is 0.417 e. The molecular formula is C24H25F4N3O4S. The Balaban J connectivity index is 1.36. The van der Waals surface area contributed by atoms with Gasteiger partial charge in [-0.15, -0.1) is 0 Å². The molecule has 1 saturated carbocycles. The van der Waals surface area contributed by atoms with E-state index >= 15 is 0 Å². The van der Waals surface area contributed by atoms with Crippen LogP contribution in [0.4, 0.5) is 22.4 Å². The molecule has 1 aromatic rings. The van der Waals surface area contributed by atoms with Crippen LogP contribution in [-0.4, -0.2) is 58.9 Å². The first-order valence-electron chi connectivity index (χ1n) is 11.7. The van der Waals surface area contributed by atoms with E-state index in [0.29, 0.717) is 36.2 Å². The van der Waals surface area contributed by atoms with Crippen molar-refractivity contribution in [2.45, 2.75) is 44.7 Å². The minimum Gasteiger partial charge on any atom is -0.355 e. The molecule has 1 N–H and O–H groups in total. The molecule has 1 aliphatic carbocycles. The lowest BCUT2D eigenvalue weighted by Gasteiger charge is -2.30. The van der Waals surface area contributed by atoms with Gasteiger partial charge in [0.25, 0.3) is 17.1 Å². The first kappa shape index (κ1) is 26.2. The number of alkyl halides is 3. The Morgan fingerprint density at radius 2 is 1.81 bits per heavy atom. The van der Waals surface area contributed by atoms with Gasteiger partial charge < -0.3 is 10.2 Å². The van der Waals surface area contributed by atoms with E-state index in [9.17, 15) is 36.7 Å². The van der Waals surface area contributed by atoms with E-state index in [0.717, 1.165) is 35.9 Å².